The van der Waals surface area contributed by atoms with Crippen LogP contribution >= 0.6 is 0 Å². The van der Waals surface area contributed by atoms with Crippen molar-refractivity contribution in [1.29, 1.82) is 0 Å². The van der Waals surface area contributed by atoms with Gasteiger partial charge in [0.15, 0.2) is 0 Å². The predicted octanol–water partition coefficient (Wildman–Crippen LogP) is 5.03. The molecule has 0 bridgehead atoms. The Morgan fingerprint density at radius 3 is 2.50 bits per heavy atom. The van der Waals surface area contributed by atoms with Crippen molar-refractivity contribution in [1.82, 2.24) is 0 Å². The van der Waals surface area contributed by atoms with E-state index in [0.717, 1.165) is 11.8 Å². The first-order valence-electron chi connectivity index (χ1n) is 6.64. The molecule has 0 nitrogen and oxygen atoms in total. The van der Waals surface area contributed by atoms with Crippen LogP contribution < -0.4 is 0 Å². The normalized spacial score (nSPS) is 34.7. The van der Waals surface area contributed by atoms with Gasteiger partial charge >= 0.3 is 0 Å². The summed E-state index contributed by atoms with van der Waals surface area (Å²) in [6, 6.07) is 0. The van der Waals surface area contributed by atoms with Crippen LogP contribution in [-0.2, 0) is 0 Å². The molecule has 0 heterocycles. The van der Waals surface area contributed by atoms with Gasteiger partial charge in [-0.05, 0) is 30.1 Å². The van der Waals surface area contributed by atoms with Crippen LogP contribution in [0.5, 0.6) is 0 Å². The SMILES string of the molecule is CCCCC(C)C1(CC)CCC(C)C1. The maximum Gasteiger partial charge on any atom is -0.0272 e. The van der Waals surface area contributed by atoms with Gasteiger partial charge in [-0.3, -0.25) is 0 Å². The van der Waals surface area contributed by atoms with Gasteiger partial charge < -0.3 is 0 Å². The van der Waals surface area contributed by atoms with E-state index in [1.54, 1.807) is 0 Å². The molecule has 0 amide bonds. The third kappa shape index (κ3) is 2.52. The molecule has 0 heteroatoms. The molecular formula is C14H28. The van der Waals surface area contributed by atoms with Crippen molar-refractivity contribution < 1.29 is 0 Å². The van der Waals surface area contributed by atoms with Gasteiger partial charge in [-0.15, -0.1) is 0 Å². The third-order valence-electron chi connectivity index (χ3n) is 4.63. The first-order chi connectivity index (χ1) is 6.64. The van der Waals surface area contributed by atoms with E-state index < -0.39 is 0 Å². The lowest BCUT2D eigenvalue weighted by molar-refractivity contribution is 0.154. The molecule has 14 heavy (non-hydrogen) atoms. The van der Waals surface area contributed by atoms with Crippen molar-refractivity contribution in [3.63, 3.8) is 0 Å². The van der Waals surface area contributed by atoms with Crippen LogP contribution in [0.2, 0.25) is 0 Å². The molecule has 1 rings (SSSR count). The molecule has 0 aromatic rings. The second-order valence-electron chi connectivity index (χ2n) is 5.61. The monoisotopic (exact) mass is 196 g/mol. The molecule has 1 saturated carbocycles. The van der Waals surface area contributed by atoms with Crippen molar-refractivity contribution in [3.05, 3.63) is 0 Å². The van der Waals surface area contributed by atoms with Crippen molar-refractivity contribution in [2.24, 2.45) is 17.3 Å². The fraction of sp³-hybridized carbons (Fsp3) is 1.00. The summed E-state index contributed by atoms with van der Waals surface area (Å²) in [5.41, 5.74) is 0.717. The van der Waals surface area contributed by atoms with Crippen LogP contribution in [0, 0.1) is 17.3 Å². The van der Waals surface area contributed by atoms with Crippen LogP contribution in [0.1, 0.15) is 72.6 Å². The topological polar surface area (TPSA) is 0 Å². The van der Waals surface area contributed by atoms with Crippen molar-refractivity contribution in [3.8, 4) is 0 Å². The van der Waals surface area contributed by atoms with Crippen LogP contribution in [0.3, 0.4) is 0 Å². The van der Waals surface area contributed by atoms with E-state index in [1.807, 2.05) is 0 Å². The second-order valence-corrected chi connectivity index (χ2v) is 5.61. The molecule has 0 aromatic carbocycles. The van der Waals surface area contributed by atoms with E-state index in [-0.39, 0.29) is 0 Å². The number of rotatable bonds is 5. The zero-order valence-corrected chi connectivity index (χ0v) is 10.6. The fourth-order valence-corrected chi connectivity index (χ4v) is 3.37. The Morgan fingerprint density at radius 1 is 1.36 bits per heavy atom. The quantitative estimate of drug-likeness (QED) is 0.578. The highest BCUT2D eigenvalue weighted by Crippen LogP contribution is 2.50. The van der Waals surface area contributed by atoms with Gasteiger partial charge in [0.2, 0.25) is 0 Å². The summed E-state index contributed by atoms with van der Waals surface area (Å²) in [7, 11) is 0. The van der Waals surface area contributed by atoms with Gasteiger partial charge in [0.05, 0.1) is 0 Å². The Morgan fingerprint density at radius 2 is 2.07 bits per heavy atom. The average molecular weight is 196 g/mol. The predicted molar refractivity (Wildman–Crippen MR) is 64.4 cm³/mol. The van der Waals surface area contributed by atoms with Crippen molar-refractivity contribution >= 4 is 0 Å². The fourth-order valence-electron chi connectivity index (χ4n) is 3.37. The zero-order chi connectivity index (χ0) is 10.6. The highest BCUT2D eigenvalue weighted by atomic mass is 14.4. The molecule has 3 atom stereocenters. The summed E-state index contributed by atoms with van der Waals surface area (Å²) in [4.78, 5) is 0. The lowest BCUT2D eigenvalue weighted by atomic mass is 9.70. The Kier molecular flexibility index (Phi) is 4.47. The van der Waals surface area contributed by atoms with Gasteiger partial charge in [-0.25, -0.2) is 0 Å². The summed E-state index contributed by atoms with van der Waals surface area (Å²) in [5.74, 6) is 1.94. The van der Waals surface area contributed by atoms with E-state index in [2.05, 4.69) is 27.7 Å². The minimum absolute atomic E-state index is 0.717. The molecule has 3 unspecified atom stereocenters. The van der Waals surface area contributed by atoms with Crippen molar-refractivity contribution in [2.45, 2.75) is 72.6 Å². The molecule has 0 radical (unpaired) electrons. The molecule has 0 N–H and O–H groups in total. The maximum absolute atomic E-state index is 2.50. The maximum atomic E-state index is 2.50. The van der Waals surface area contributed by atoms with E-state index in [0.29, 0.717) is 5.41 Å². The highest BCUT2D eigenvalue weighted by molar-refractivity contribution is 4.90. The van der Waals surface area contributed by atoms with E-state index >= 15 is 0 Å². The number of unbranched alkanes of at least 4 members (excludes halogenated alkanes) is 1. The van der Waals surface area contributed by atoms with E-state index in [4.69, 9.17) is 0 Å². The van der Waals surface area contributed by atoms with Gasteiger partial charge in [0.25, 0.3) is 0 Å². The Hall–Kier alpha value is 0. The lowest BCUT2D eigenvalue weighted by Gasteiger charge is -2.35. The van der Waals surface area contributed by atoms with E-state index in [9.17, 15) is 0 Å². The zero-order valence-electron chi connectivity index (χ0n) is 10.6. The molecule has 0 spiro atoms. The molecule has 1 aliphatic carbocycles. The molecule has 0 saturated heterocycles. The van der Waals surface area contributed by atoms with Gasteiger partial charge in [-0.1, -0.05) is 59.8 Å². The lowest BCUT2D eigenvalue weighted by Crippen LogP contribution is -2.25. The van der Waals surface area contributed by atoms with Crippen LogP contribution in [0.15, 0.2) is 0 Å². The average Bonchev–Trinajstić information content (AvgIpc) is 2.58. The van der Waals surface area contributed by atoms with Crippen LogP contribution in [0.4, 0.5) is 0 Å². The first-order valence-corrected chi connectivity index (χ1v) is 6.64. The largest absolute Gasteiger partial charge is 0.0654 e. The van der Waals surface area contributed by atoms with Gasteiger partial charge in [-0.2, -0.15) is 0 Å². The van der Waals surface area contributed by atoms with Gasteiger partial charge in [0.1, 0.15) is 0 Å². The summed E-state index contributed by atoms with van der Waals surface area (Å²) >= 11 is 0. The summed E-state index contributed by atoms with van der Waals surface area (Å²) in [6.45, 7) is 9.64. The van der Waals surface area contributed by atoms with Crippen LogP contribution in [-0.4, -0.2) is 0 Å². The summed E-state index contributed by atoms with van der Waals surface area (Å²) in [6.07, 6.45) is 10.1. The summed E-state index contributed by atoms with van der Waals surface area (Å²) < 4.78 is 0. The second kappa shape index (κ2) is 5.19. The minimum atomic E-state index is 0.717. The number of hydrogen-bond acceptors (Lipinski definition) is 0. The molecule has 0 aromatic heterocycles. The third-order valence-corrected chi connectivity index (χ3v) is 4.63. The summed E-state index contributed by atoms with van der Waals surface area (Å²) in [5, 5.41) is 0. The standard InChI is InChI=1S/C14H28/c1-5-7-8-13(4)14(6-2)10-9-12(3)11-14/h12-13H,5-11H2,1-4H3. The molecule has 0 aliphatic heterocycles. The van der Waals surface area contributed by atoms with E-state index in [1.165, 1.54) is 44.9 Å². The minimum Gasteiger partial charge on any atom is -0.0654 e. The Balaban J connectivity index is 2.51. The smallest absolute Gasteiger partial charge is 0.0272 e. The van der Waals surface area contributed by atoms with Crippen LogP contribution in [0.25, 0.3) is 0 Å². The number of hydrogen-bond donors (Lipinski definition) is 0. The van der Waals surface area contributed by atoms with Crippen molar-refractivity contribution in [2.75, 3.05) is 0 Å². The first kappa shape index (κ1) is 12.1. The molecule has 1 aliphatic rings. The molecule has 84 valence electrons. The Bertz CT molecular complexity index is 161. The molecular weight excluding hydrogens is 168 g/mol. The molecule has 1 fully saturated rings. The van der Waals surface area contributed by atoms with Gasteiger partial charge in [0, 0.05) is 0 Å². The Labute approximate surface area is 90.5 Å². The highest BCUT2D eigenvalue weighted by Gasteiger charge is 2.39.